The number of ether oxygens (including phenoxy) is 2. The van der Waals surface area contributed by atoms with Crippen LogP contribution in [0.5, 0.6) is 5.75 Å². The molecule has 1 aliphatic rings. The van der Waals surface area contributed by atoms with Crippen molar-refractivity contribution in [2.24, 2.45) is 0 Å². The Morgan fingerprint density at radius 2 is 2.16 bits per heavy atom. The molecule has 1 atom stereocenters. The fraction of sp³-hybridized carbons (Fsp3) is 0.556. The zero-order chi connectivity index (χ0) is 18.4. The Hall–Kier alpha value is -1.73. The number of hydrogen-bond acceptors (Lipinski definition) is 5. The molecule has 25 heavy (non-hydrogen) atoms. The van der Waals surface area contributed by atoms with E-state index in [0.717, 1.165) is 11.3 Å². The van der Waals surface area contributed by atoms with E-state index in [-0.39, 0.29) is 11.8 Å². The maximum absolute atomic E-state index is 12.9. The number of hydrogen-bond donors (Lipinski definition) is 1. The minimum atomic E-state index is -0.506. The number of rotatable bonds is 7. The van der Waals surface area contributed by atoms with Crippen LogP contribution in [0.3, 0.4) is 0 Å². The van der Waals surface area contributed by atoms with E-state index < -0.39 is 10.8 Å². The highest BCUT2D eigenvalue weighted by molar-refractivity contribution is 8.01. The van der Waals surface area contributed by atoms with Gasteiger partial charge in [-0.2, -0.15) is 0 Å². The van der Waals surface area contributed by atoms with Crippen LogP contribution in [0.15, 0.2) is 24.3 Å². The molecular weight excluding hydrogens is 340 g/mol. The van der Waals surface area contributed by atoms with E-state index in [0.29, 0.717) is 25.4 Å². The summed E-state index contributed by atoms with van der Waals surface area (Å²) in [5, 5.41) is 2.86. The van der Waals surface area contributed by atoms with Crippen molar-refractivity contribution >= 4 is 23.6 Å². The number of nitrogens with one attached hydrogen (secondary N) is 1. The summed E-state index contributed by atoms with van der Waals surface area (Å²) in [7, 11) is 3.22. The second-order valence-electron chi connectivity index (χ2n) is 6.45. The zero-order valence-electron chi connectivity index (χ0n) is 15.2. The number of carbonyl (C=O) groups is 2. The lowest BCUT2D eigenvalue weighted by molar-refractivity contribution is -0.137. The highest BCUT2D eigenvalue weighted by atomic mass is 32.2. The molecule has 1 aromatic carbocycles. The molecule has 7 heteroatoms. The average Bonchev–Trinajstić information content (AvgIpc) is 2.60. The predicted octanol–water partition coefficient (Wildman–Crippen LogP) is 1.68. The second-order valence-corrected chi connectivity index (χ2v) is 8.09. The van der Waals surface area contributed by atoms with Crippen LogP contribution in [0.1, 0.15) is 19.4 Å². The number of thioether (sulfide) groups is 1. The monoisotopic (exact) mass is 366 g/mol. The van der Waals surface area contributed by atoms with Crippen molar-refractivity contribution in [3.8, 4) is 5.75 Å². The maximum Gasteiger partial charge on any atom is 0.246 e. The first-order valence-corrected chi connectivity index (χ1v) is 9.21. The molecule has 6 nitrogen and oxygen atoms in total. The molecule has 1 fully saturated rings. The maximum atomic E-state index is 12.9. The first-order valence-electron chi connectivity index (χ1n) is 8.23. The smallest absolute Gasteiger partial charge is 0.246 e. The third-order valence-corrected chi connectivity index (χ3v) is 5.55. The summed E-state index contributed by atoms with van der Waals surface area (Å²) in [6, 6.07) is 7.11. The van der Waals surface area contributed by atoms with Gasteiger partial charge in [0, 0.05) is 26.0 Å². The molecule has 0 radical (unpaired) electrons. The highest BCUT2D eigenvalue weighted by Crippen LogP contribution is 2.29. The molecule has 2 amide bonds. The standard InChI is InChI=1S/C18H26N2O4S/c1-18(2)17(22)19-15(12-25-18)16(21)20(8-9-23-3)11-13-6-5-7-14(10-13)24-4/h5-7,10,15H,8-9,11-12H2,1-4H3,(H,19,22). The van der Waals surface area contributed by atoms with Crippen LogP contribution in [-0.4, -0.2) is 60.6 Å². The Bertz CT molecular complexity index is 621. The molecule has 0 saturated carbocycles. The number of methoxy groups -OCH3 is 2. The number of benzene rings is 1. The van der Waals surface area contributed by atoms with Gasteiger partial charge in [-0.1, -0.05) is 12.1 Å². The van der Waals surface area contributed by atoms with Crippen molar-refractivity contribution < 1.29 is 19.1 Å². The van der Waals surface area contributed by atoms with Gasteiger partial charge >= 0.3 is 0 Å². The fourth-order valence-corrected chi connectivity index (χ4v) is 3.54. The molecule has 1 unspecified atom stereocenters. The van der Waals surface area contributed by atoms with Gasteiger partial charge in [-0.3, -0.25) is 9.59 Å². The molecule has 1 saturated heterocycles. The third kappa shape index (κ3) is 5.12. The van der Waals surface area contributed by atoms with E-state index in [1.165, 1.54) is 11.8 Å². The molecule has 2 rings (SSSR count). The average molecular weight is 366 g/mol. The minimum absolute atomic E-state index is 0.0868. The molecule has 1 heterocycles. The topological polar surface area (TPSA) is 67.9 Å². The predicted molar refractivity (Wildman–Crippen MR) is 98.8 cm³/mol. The molecule has 138 valence electrons. The summed E-state index contributed by atoms with van der Waals surface area (Å²) in [6.45, 7) is 5.08. The Morgan fingerprint density at radius 3 is 2.80 bits per heavy atom. The summed E-state index contributed by atoms with van der Waals surface area (Å²) in [5.74, 6) is 1.13. The summed E-state index contributed by atoms with van der Waals surface area (Å²) in [5.41, 5.74) is 0.971. The molecule has 1 aromatic rings. The Morgan fingerprint density at radius 1 is 1.40 bits per heavy atom. The Kier molecular flexibility index (Phi) is 6.72. The molecule has 0 aromatic heterocycles. The summed E-state index contributed by atoms with van der Waals surface area (Å²) in [6.07, 6.45) is 0. The summed E-state index contributed by atoms with van der Waals surface area (Å²) < 4.78 is 9.88. The highest BCUT2D eigenvalue weighted by Gasteiger charge is 2.39. The second kappa shape index (κ2) is 8.58. The van der Waals surface area contributed by atoms with Gasteiger partial charge in [0.1, 0.15) is 11.8 Å². The van der Waals surface area contributed by atoms with Gasteiger partial charge in [-0.25, -0.2) is 0 Å². The number of nitrogens with zero attached hydrogens (tertiary/aromatic N) is 1. The SMILES string of the molecule is COCCN(Cc1cccc(OC)c1)C(=O)C1CSC(C)(C)C(=O)N1. The van der Waals surface area contributed by atoms with E-state index >= 15 is 0 Å². The largest absolute Gasteiger partial charge is 0.497 e. The van der Waals surface area contributed by atoms with E-state index in [1.807, 2.05) is 38.1 Å². The van der Waals surface area contributed by atoms with Gasteiger partial charge in [-0.05, 0) is 31.5 Å². The molecule has 0 bridgehead atoms. The quantitative estimate of drug-likeness (QED) is 0.795. The molecule has 0 spiro atoms. The van der Waals surface area contributed by atoms with E-state index in [2.05, 4.69) is 5.32 Å². The lowest BCUT2D eigenvalue weighted by Crippen LogP contribution is -2.57. The van der Waals surface area contributed by atoms with Crippen LogP contribution in [0.2, 0.25) is 0 Å². The Labute approximate surface area is 153 Å². The first kappa shape index (κ1) is 19.6. The molecule has 1 aliphatic heterocycles. The summed E-state index contributed by atoms with van der Waals surface area (Å²) >= 11 is 1.51. The van der Waals surface area contributed by atoms with Crippen LogP contribution < -0.4 is 10.1 Å². The molecule has 0 aliphatic carbocycles. The van der Waals surface area contributed by atoms with Crippen molar-refractivity contribution in [3.05, 3.63) is 29.8 Å². The van der Waals surface area contributed by atoms with Gasteiger partial charge in [0.05, 0.1) is 18.5 Å². The van der Waals surface area contributed by atoms with Crippen LogP contribution in [-0.2, 0) is 20.9 Å². The minimum Gasteiger partial charge on any atom is -0.497 e. The van der Waals surface area contributed by atoms with Gasteiger partial charge < -0.3 is 19.7 Å². The summed E-state index contributed by atoms with van der Waals surface area (Å²) in [4.78, 5) is 26.8. The van der Waals surface area contributed by atoms with Crippen molar-refractivity contribution in [1.29, 1.82) is 0 Å². The van der Waals surface area contributed by atoms with Crippen molar-refractivity contribution in [2.45, 2.75) is 31.2 Å². The lowest BCUT2D eigenvalue weighted by atomic mass is 10.1. The Balaban J connectivity index is 2.10. The van der Waals surface area contributed by atoms with Crippen LogP contribution in [0.25, 0.3) is 0 Å². The van der Waals surface area contributed by atoms with Gasteiger partial charge in [0.2, 0.25) is 11.8 Å². The van der Waals surface area contributed by atoms with E-state index in [4.69, 9.17) is 9.47 Å². The normalized spacial score (nSPS) is 19.2. The van der Waals surface area contributed by atoms with Crippen LogP contribution in [0, 0.1) is 0 Å². The van der Waals surface area contributed by atoms with Gasteiger partial charge in [0.15, 0.2) is 0 Å². The van der Waals surface area contributed by atoms with Crippen LogP contribution in [0.4, 0.5) is 0 Å². The number of amides is 2. The van der Waals surface area contributed by atoms with Crippen molar-refractivity contribution in [2.75, 3.05) is 33.1 Å². The van der Waals surface area contributed by atoms with E-state index in [1.54, 1.807) is 19.1 Å². The zero-order valence-corrected chi connectivity index (χ0v) is 16.0. The number of carbonyl (C=O) groups excluding carboxylic acids is 2. The first-order chi connectivity index (χ1) is 11.9. The van der Waals surface area contributed by atoms with Crippen molar-refractivity contribution in [3.63, 3.8) is 0 Å². The fourth-order valence-electron chi connectivity index (χ4n) is 2.54. The van der Waals surface area contributed by atoms with Crippen LogP contribution >= 0.6 is 11.8 Å². The van der Waals surface area contributed by atoms with E-state index in [9.17, 15) is 9.59 Å². The molecule has 1 N–H and O–H groups in total. The molecular formula is C18H26N2O4S. The lowest BCUT2D eigenvalue weighted by Gasteiger charge is -2.35. The van der Waals surface area contributed by atoms with Gasteiger partial charge in [0.25, 0.3) is 0 Å². The van der Waals surface area contributed by atoms with Crippen molar-refractivity contribution in [1.82, 2.24) is 10.2 Å². The van der Waals surface area contributed by atoms with Gasteiger partial charge in [-0.15, -0.1) is 11.8 Å². The third-order valence-electron chi connectivity index (χ3n) is 4.15.